The summed E-state index contributed by atoms with van der Waals surface area (Å²) < 4.78 is 0. The van der Waals surface area contributed by atoms with Crippen LogP contribution in [-0.2, 0) is 0 Å². The van der Waals surface area contributed by atoms with Gasteiger partial charge < -0.3 is 10.6 Å². The predicted molar refractivity (Wildman–Crippen MR) is 87.2 cm³/mol. The number of aliphatic imine (C=N–C) groups is 1. The Hall–Kier alpha value is -0.680. The second-order valence-electron chi connectivity index (χ2n) is 4.85. The first-order valence-electron chi connectivity index (χ1n) is 7.09. The zero-order valence-electron chi connectivity index (χ0n) is 12.3. The lowest BCUT2D eigenvalue weighted by molar-refractivity contribution is 0.225. The molecular weight excluding hydrogens is 256 g/mol. The number of piperidine rings is 1. The van der Waals surface area contributed by atoms with Gasteiger partial charge in [0, 0.05) is 39.3 Å². The second kappa shape index (κ2) is 10.1. The summed E-state index contributed by atoms with van der Waals surface area (Å²) in [5, 5.41) is 6.91. The molecule has 0 unspecified atom stereocenters. The molecule has 0 spiro atoms. The summed E-state index contributed by atoms with van der Waals surface area (Å²) in [4.78, 5) is 6.74. The van der Waals surface area contributed by atoms with Gasteiger partial charge in [-0.05, 0) is 31.3 Å². The monoisotopic (exact) mass is 284 g/mol. The predicted octanol–water partition coefficient (Wildman–Crippen LogP) is 1.55. The van der Waals surface area contributed by atoms with E-state index in [2.05, 4.69) is 33.4 Å². The minimum atomic E-state index is 0.549. The number of hydrogen-bond donors (Lipinski definition) is 2. The van der Waals surface area contributed by atoms with Crippen molar-refractivity contribution in [2.45, 2.75) is 25.3 Å². The zero-order chi connectivity index (χ0) is 13.9. The molecule has 0 bridgehead atoms. The van der Waals surface area contributed by atoms with E-state index >= 15 is 0 Å². The van der Waals surface area contributed by atoms with Crippen LogP contribution >= 0.6 is 11.8 Å². The van der Waals surface area contributed by atoms with Crippen LogP contribution < -0.4 is 10.6 Å². The first-order valence-corrected chi connectivity index (χ1v) is 8.49. The molecule has 5 heteroatoms. The summed E-state index contributed by atoms with van der Waals surface area (Å²) in [7, 11) is 1.84. The maximum Gasteiger partial charge on any atom is 0.191 e. The molecule has 1 saturated heterocycles. The maximum absolute atomic E-state index is 4.29. The molecule has 1 fully saturated rings. The fourth-order valence-electron chi connectivity index (χ4n) is 2.25. The van der Waals surface area contributed by atoms with Crippen LogP contribution in [0.15, 0.2) is 17.6 Å². The van der Waals surface area contributed by atoms with E-state index in [4.69, 9.17) is 0 Å². The molecule has 1 rings (SSSR count). The molecule has 110 valence electrons. The summed E-state index contributed by atoms with van der Waals surface area (Å²) >= 11 is 1.89. The highest BCUT2D eigenvalue weighted by Gasteiger charge is 2.18. The molecule has 0 atom stereocenters. The normalized spacial score (nSPS) is 18.3. The maximum atomic E-state index is 4.29. The number of hydrogen-bond acceptors (Lipinski definition) is 3. The summed E-state index contributed by atoms with van der Waals surface area (Å²) in [6.45, 7) is 8.09. The van der Waals surface area contributed by atoms with Crippen LogP contribution in [0, 0.1) is 0 Å². The van der Waals surface area contributed by atoms with Gasteiger partial charge in [-0.25, -0.2) is 0 Å². The molecule has 0 radical (unpaired) electrons. The van der Waals surface area contributed by atoms with E-state index in [9.17, 15) is 0 Å². The molecule has 0 aromatic heterocycles. The van der Waals surface area contributed by atoms with E-state index in [1.54, 1.807) is 0 Å². The van der Waals surface area contributed by atoms with Gasteiger partial charge in [-0.15, -0.1) is 6.58 Å². The Bertz CT molecular complexity index is 273. The Kier molecular flexibility index (Phi) is 8.75. The zero-order valence-corrected chi connectivity index (χ0v) is 13.1. The Labute approximate surface area is 122 Å². The molecule has 1 heterocycles. The molecular formula is C14H28N4S. The fraction of sp³-hybridized carbons (Fsp3) is 0.786. The van der Waals surface area contributed by atoms with Gasteiger partial charge in [0.25, 0.3) is 0 Å². The lowest BCUT2D eigenvalue weighted by atomic mass is 10.1. The van der Waals surface area contributed by atoms with Crippen molar-refractivity contribution in [1.82, 2.24) is 15.5 Å². The largest absolute Gasteiger partial charge is 0.356 e. The standard InChI is InChI=1S/C14H28N4S/c1-4-9-18-10-6-13(7-11-18)17-14(15-2)16-8-5-12-19-3/h4,13H,1,5-12H2,2-3H3,(H2,15,16,17). The molecule has 0 aromatic carbocycles. The molecule has 2 N–H and O–H groups in total. The molecule has 0 amide bonds. The molecule has 1 aliphatic heterocycles. The quantitative estimate of drug-likeness (QED) is 0.322. The Morgan fingerprint density at radius 3 is 2.79 bits per heavy atom. The Balaban J connectivity index is 2.20. The number of guanidine groups is 1. The summed E-state index contributed by atoms with van der Waals surface area (Å²) in [6, 6.07) is 0.549. The van der Waals surface area contributed by atoms with E-state index in [-0.39, 0.29) is 0 Å². The van der Waals surface area contributed by atoms with Gasteiger partial charge >= 0.3 is 0 Å². The topological polar surface area (TPSA) is 39.7 Å². The highest BCUT2D eigenvalue weighted by Crippen LogP contribution is 2.09. The Morgan fingerprint density at radius 1 is 1.47 bits per heavy atom. The van der Waals surface area contributed by atoms with E-state index in [1.807, 2.05) is 24.9 Å². The summed E-state index contributed by atoms with van der Waals surface area (Å²) in [5.74, 6) is 2.15. The molecule has 1 aliphatic rings. The van der Waals surface area contributed by atoms with Crippen LogP contribution in [0.25, 0.3) is 0 Å². The number of nitrogens with zero attached hydrogens (tertiary/aromatic N) is 2. The molecule has 0 aromatic rings. The number of thioether (sulfide) groups is 1. The lowest BCUT2D eigenvalue weighted by Gasteiger charge is -2.32. The van der Waals surface area contributed by atoms with E-state index in [0.717, 1.165) is 32.1 Å². The van der Waals surface area contributed by atoms with Gasteiger partial charge in [0.1, 0.15) is 0 Å². The number of likely N-dealkylation sites (tertiary alicyclic amines) is 1. The average molecular weight is 284 g/mol. The van der Waals surface area contributed by atoms with Crippen molar-refractivity contribution >= 4 is 17.7 Å². The minimum absolute atomic E-state index is 0.549. The van der Waals surface area contributed by atoms with Crippen molar-refractivity contribution < 1.29 is 0 Å². The van der Waals surface area contributed by atoms with E-state index in [0.29, 0.717) is 6.04 Å². The molecule has 19 heavy (non-hydrogen) atoms. The van der Waals surface area contributed by atoms with Crippen LogP contribution in [0.2, 0.25) is 0 Å². The third-order valence-electron chi connectivity index (χ3n) is 3.36. The summed E-state index contributed by atoms with van der Waals surface area (Å²) in [5.41, 5.74) is 0. The Morgan fingerprint density at radius 2 is 2.21 bits per heavy atom. The molecule has 4 nitrogen and oxygen atoms in total. The highest BCUT2D eigenvalue weighted by molar-refractivity contribution is 7.98. The molecule has 0 aliphatic carbocycles. The van der Waals surface area contributed by atoms with Gasteiger partial charge in [0.05, 0.1) is 0 Å². The smallest absolute Gasteiger partial charge is 0.191 e. The van der Waals surface area contributed by atoms with E-state index < -0.39 is 0 Å². The van der Waals surface area contributed by atoms with Crippen molar-refractivity contribution in [3.63, 3.8) is 0 Å². The lowest BCUT2D eigenvalue weighted by Crippen LogP contribution is -2.48. The third kappa shape index (κ3) is 6.87. The van der Waals surface area contributed by atoms with E-state index in [1.165, 1.54) is 25.0 Å². The molecule has 0 saturated carbocycles. The highest BCUT2D eigenvalue weighted by atomic mass is 32.2. The van der Waals surface area contributed by atoms with Crippen molar-refractivity contribution in [3.8, 4) is 0 Å². The first-order chi connectivity index (χ1) is 9.30. The average Bonchev–Trinajstić information content (AvgIpc) is 2.44. The minimum Gasteiger partial charge on any atom is -0.356 e. The van der Waals surface area contributed by atoms with Crippen LogP contribution in [0.5, 0.6) is 0 Å². The van der Waals surface area contributed by atoms with Crippen molar-refractivity contribution in [2.24, 2.45) is 4.99 Å². The SMILES string of the molecule is C=CCN1CCC(NC(=NC)NCCCSC)CC1. The van der Waals surface area contributed by atoms with Crippen molar-refractivity contribution in [1.29, 1.82) is 0 Å². The van der Waals surface area contributed by atoms with Gasteiger partial charge in [-0.2, -0.15) is 11.8 Å². The van der Waals surface area contributed by atoms with Gasteiger partial charge in [-0.3, -0.25) is 9.89 Å². The van der Waals surface area contributed by atoms with Gasteiger partial charge in [-0.1, -0.05) is 6.08 Å². The first kappa shape index (κ1) is 16.4. The fourth-order valence-corrected chi connectivity index (χ4v) is 2.69. The van der Waals surface area contributed by atoms with Crippen LogP contribution in [0.4, 0.5) is 0 Å². The van der Waals surface area contributed by atoms with Gasteiger partial charge in [0.15, 0.2) is 5.96 Å². The van der Waals surface area contributed by atoms with Crippen molar-refractivity contribution in [2.75, 3.05) is 45.2 Å². The van der Waals surface area contributed by atoms with Crippen LogP contribution in [0.1, 0.15) is 19.3 Å². The number of nitrogens with one attached hydrogen (secondary N) is 2. The third-order valence-corrected chi connectivity index (χ3v) is 4.05. The number of rotatable bonds is 7. The summed E-state index contributed by atoms with van der Waals surface area (Å²) in [6.07, 6.45) is 7.67. The van der Waals surface area contributed by atoms with Crippen LogP contribution in [-0.4, -0.2) is 62.1 Å². The van der Waals surface area contributed by atoms with Crippen LogP contribution in [0.3, 0.4) is 0 Å². The van der Waals surface area contributed by atoms with Gasteiger partial charge in [0.2, 0.25) is 0 Å². The second-order valence-corrected chi connectivity index (χ2v) is 5.84. The van der Waals surface area contributed by atoms with Crippen molar-refractivity contribution in [3.05, 3.63) is 12.7 Å².